The minimum atomic E-state index is -0.610. The van der Waals surface area contributed by atoms with Crippen LogP contribution in [0, 0.1) is 5.82 Å². The standard InChI is InChI=1S/C18H13ClFNO3/c19-14-7-4-8-15(20)13(14)9-18(22)23-11-17-21-10-16(24-17)12-5-2-1-3-6-12/h1-8,10H,9,11H2. The summed E-state index contributed by atoms with van der Waals surface area (Å²) >= 11 is 5.88. The van der Waals surface area contributed by atoms with Crippen LogP contribution in [0.1, 0.15) is 11.5 Å². The van der Waals surface area contributed by atoms with Gasteiger partial charge in [0.25, 0.3) is 0 Å². The Morgan fingerprint density at radius 2 is 1.96 bits per heavy atom. The van der Waals surface area contributed by atoms with Crippen molar-refractivity contribution in [3.05, 3.63) is 77.0 Å². The fourth-order valence-electron chi connectivity index (χ4n) is 2.15. The number of oxazole rings is 1. The highest BCUT2D eigenvalue weighted by Crippen LogP contribution is 2.21. The molecule has 3 rings (SSSR count). The maximum atomic E-state index is 13.6. The van der Waals surface area contributed by atoms with E-state index in [9.17, 15) is 9.18 Å². The molecule has 0 N–H and O–H groups in total. The van der Waals surface area contributed by atoms with Crippen molar-refractivity contribution in [3.63, 3.8) is 0 Å². The molecule has 4 nitrogen and oxygen atoms in total. The second-order valence-electron chi connectivity index (χ2n) is 5.02. The van der Waals surface area contributed by atoms with Gasteiger partial charge in [-0.15, -0.1) is 0 Å². The number of carbonyl (C=O) groups is 1. The van der Waals surface area contributed by atoms with Crippen LogP contribution in [0.2, 0.25) is 5.02 Å². The van der Waals surface area contributed by atoms with Crippen molar-refractivity contribution in [1.29, 1.82) is 0 Å². The molecule has 0 spiro atoms. The summed E-state index contributed by atoms with van der Waals surface area (Å²) in [5.41, 5.74) is 0.988. The molecule has 0 aliphatic carbocycles. The Hall–Kier alpha value is -2.66. The van der Waals surface area contributed by atoms with Crippen LogP contribution in [0.3, 0.4) is 0 Å². The third-order valence-corrected chi connectivity index (χ3v) is 3.71. The number of hydrogen-bond donors (Lipinski definition) is 0. The molecular formula is C18H13ClFNO3. The lowest BCUT2D eigenvalue weighted by Crippen LogP contribution is -2.09. The summed E-state index contributed by atoms with van der Waals surface area (Å²) in [5, 5.41) is 0.189. The average Bonchev–Trinajstić information content (AvgIpc) is 3.06. The van der Waals surface area contributed by atoms with Crippen LogP contribution in [-0.2, 0) is 22.6 Å². The van der Waals surface area contributed by atoms with Crippen molar-refractivity contribution < 1.29 is 18.3 Å². The van der Waals surface area contributed by atoms with Crippen molar-refractivity contribution >= 4 is 17.6 Å². The van der Waals surface area contributed by atoms with Gasteiger partial charge in [0.1, 0.15) is 5.82 Å². The van der Waals surface area contributed by atoms with E-state index in [1.54, 1.807) is 6.20 Å². The van der Waals surface area contributed by atoms with Gasteiger partial charge in [-0.3, -0.25) is 4.79 Å². The number of halogens is 2. The predicted molar refractivity (Wildman–Crippen MR) is 86.8 cm³/mol. The van der Waals surface area contributed by atoms with Gasteiger partial charge in [-0.05, 0) is 12.1 Å². The molecule has 6 heteroatoms. The van der Waals surface area contributed by atoms with Gasteiger partial charge in [0.05, 0.1) is 12.6 Å². The first-order valence-electron chi connectivity index (χ1n) is 7.22. The first-order chi connectivity index (χ1) is 11.6. The van der Waals surface area contributed by atoms with Gasteiger partial charge in [-0.25, -0.2) is 9.37 Å². The molecular weight excluding hydrogens is 333 g/mol. The van der Waals surface area contributed by atoms with Gasteiger partial charge in [0.2, 0.25) is 5.89 Å². The first kappa shape index (κ1) is 16.2. The molecule has 0 aliphatic rings. The molecule has 24 heavy (non-hydrogen) atoms. The number of carbonyl (C=O) groups excluding carboxylic acids is 1. The van der Waals surface area contributed by atoms with E-state index in [-0.39, 0.29) is 29.5 Å². The summed E-state index contributed by atoms with van der Waals surface area (Å²) in [6.07, 6.45) is 1.31. The summed E-state index contributed by atoms with van der Waals surface area (Å²) in [5.74, 6) is -0.302. The molecule has 0 atom stereocenters. The topological polar surface area (TPSA) is 52.3 Å². The highest BCUT2D eigenvalue weighted by atomic mass is 35.5. The molecule has 0 saturated heterocycles. The fourth-order valence-corrected chi connectivity index (χ4v) is 2.38. The zero-order valence-corrected chi connectivity index (χ0v) is 13.3. The van der Waals surface area contributed by atoms with E-state index in [2.05, 4.69) is 4.98 Å². The number of nitrogens with zero attached hydrogens (tertiary/aromatic N) is 1. The molecule has 0 radical (unpaired) electrons. The van der Waals surface area contributed by atoms with Gasteiger partial charge in [0.15, 0.2) is 12.4 Å². The molecule has 0 aliphatic heterocycles. The number of hydrogen-bond acceptors (Lipinski definition) is 4. The third kappa shape index (κ3) is 3.81. The SMILES string of the molecule is O=C(Cc1c(F)cccc1Cl)OCc1ncc(-c2ccccc2)o1. The van der Waals surface area contributed by atoms with Crippen LogP contribution in [0.4, 0.5) is 4.39 Å². The van der Waals surface area contributed by atoms with Gasteiger partial charge >= 0.3 is 5.97 Å². The van der Waals surface area contributed by atoms with E-state index in [0.717, 1.165) is 5.56 Å². The van der Waals surface area contributed by atoms with Crippen molar-refractivity contribution in [1.82, 2.24) is 4.98 Å². The Bertz CT molecular complexity index is 828. The molecule has 0 bridgehead atoms. The molecule has 1 aromatic heterocycles. The number of rotatable bonds is 5. The Kier molecular flexibility index (Phi) is 4.91. The fraction of sp³-hybridized carbons (Fsp3) is 0.111. The quantitative estimate of drug-likeness (QED) is 0.642. The lowest BCUT2D eigenvalue weighted by molar-refractivity contribution is -0.144. The monoisotopic (exact) mass is 345 g/mol. The Morgan fingerprint density at radius 3 is 2.71 bits per heavy atom. The van der Waals surface area contributed by atoms with Crippen molar-refractivity contribution in [3.8, 4) is 11.3 Å². The number of aromatic nitrogens is 1. The lowest BCUT2D eigenvalue weighted by Gasteiger charge is -2.05. The zero-order chi connectivity index (χ0) is 16.9. The van der Waals surface area contributed by atoms with E-state index in [1.807, 2.05) is 30.3 Å². The number of benzene rings is 2. The van der Waals surface area contributed by atoms with Crippen molar-refractivity contribution in [2.75, 3.05) is 0 Å². The van der Waals surface area contributed by atoms with Gasteiger partial charge in [0, 0.05) is 16.1 Å². The molecule has 0 amide bonds. The van der Waals surface area contributed by atoms with Crippen LogP contribution in [0.25, 0.3) is 11.3 Å². The Morgan fingerprint density at radius 1 is 1.17 bits per heavy atom. The second kappa shape index (κ2) is 7.27. The Labute approximate surface area is 142 Å². The zero-order valence-electron chi connectivity index (χ0n) is 12.5. The second-order valence-corrected chi connectivity index (χ2v) is 5.43. The maximum absolute atomic E-state index is 13.6. The Balaban J connectivity index is 1.60. The van der Waals surface area contributed by atoms with Gasteiger partial charge in [-0.1, -0.05) is 48.0 Å². The summed E-state index contributed by atoms with van der Waals surface area (Å²) < 4.78 is 24.2. The third-order valence-electron chi connectivity index (χ3n) is 3.35. The summed E-state index contributed by atoms with van der Waals surface area (Å²) in [7, 11) is 0. The molecule has 3 aromatic rings. The van der Waals surface area contributed by atoms with Gasteiger partial charge < -0.3 is 9.15 Å². The van der Waals surface area contributed by atoms with E-state index in [1.165, 1.54) is 18.2 Å². The predicted octanol–water partition coefficient (Wildman–Crippen LogP) is 4.42. The average molecular weight is 346 g/mol. The highest BCUT2D eigenvalue weighted by molar-refractivity contribution is 6.31. The highest BCUT2D eigenvalue weighted by Gasteiger charge is 2.14. The minimum Gasteiger partial charge on any atom is -0.455 e. The van der Waals surface area contributed by atoms with Crippen LogP contribution in [0.5, 0.6) is 0 Å². The van der Waals surface area contributed by atoms with E-state index in [0.29, 0.717) is 5.76 Å². The lowest BCUT2D eigenvalue weighted by atomic mass is 10.1. The first-order valence-corrected chi connectivity index (χ1v) is 7.60. The molecule has 0 fully saturated rings. The van der Waals surface area contributed by atoms with Crippen LogP contribution < -0.4 is 0 Å². The maximum Gasteiger partial charge on any atom is 0.310 e. The van der Waals surface area contributed by atoms with Crippen molar-refractivity contribution in [2.45, 2.75) is 13.0 Å². The van der Waals surface area contributed by atoms with Gasteiger partial charge in [-0.2, -0.15) is 0 Å². The van der Waals surface area contributed by atoms with Crippen LogP contribution >= 0.6 is 11.6 Å². The summed E-state index contributed by atoms with van der Waals surface area (Å²) in [4.78, 5) is 15.9. The summed E-state index contributed by atoms with van der Waals surface area (Å²) in [6, 6.07) is 13.7. The van der Waals surface area contributed by atoms with E-state index >= 15 is 0 Å². The molecule has 122 valence electrons. The molecule has 0 saturated carbocycles. The number of ether oxygens (including phenoxy) is 1. The molecule has 1 heterocycles. The van der Waals surface area contributed by atoms with Crippen molar-refractivity contribution in [2.24, 2.45) is 0 Å². The molecule has 2 aromatic carbocycles. The molecule has 0 unspecified atom stereocenters. The van der Waals surface area contributed by atoms with E-state index in [4.69, 9.17) is 20.8 Å². The smallest absolute Gasteiger partial charge is 0.310 e. The normalized spacial score (nSPS) is 10.6. The minimum absolute atomic E-state index is 0.113. The summed E-state index contributed by atoms with van der Waals surface area (Å²) in [6.45, 7) is -0.127. The van der Waals surface area contributed by atoms with Crippen LogP contribution in [0.15, 0.2) is 59.1 Å². The van der Waals surface area contributed by atoms with Crippen LogP contribution in [-0.4, -0.2) is 11.0 Å². The largest absolute Gasteiger partial charge is 0.455 e. The van der Waals surface area contributed by atoms with E-state index < -0.39 is 11.8 Å². The number of esters is 1.